The summed E-state index contributed by atoms with van der Waals surface area (Å²) in [6.45, 7) is 1.06. The van der Waals surface area contributed by atoms with E-state index in [4.69, 9.17) is 4.98 Å². The molecule has 9 heteroatoms. The summed E-state index contributed by atoms with van der Waals surface area (Å²) < 4.78 is 16.2. The van der Waals surface area contributed by atoms with Crippen molar-refractivity contribution in [3.8, 4) is 22.5 Å². The van der Waals surface area contributed by atoms with E-state index >= 15 is 0 Å². The molecule has 0 saturated heterocycles. The number of benzene rings is 2. The average molecular weight is 539 g/mol. The molecule has 4 aromatic rings. The van der Waals surface area contributed by atoms with E-state index in [-0.39, 0.29) is 23.9 Å². The first-order valence-electron chi connectivity index (χ1n) is 14.0. The summed E-state index contributed by atoms with van der Waals surface area (Å²) in [5.74, 6) is 1.11. The highest BCUT2D eigenvalue weighted by Crippen LogP contribution is 2.43. The van der Waals surface area contributed by atoms with Gasteiger partial charge in [-0.3, -0.25) is 9.69 Å². The molecule has 0 spiro atoms. The second-order valence-electron chi connectivity index (χ2n) is 11.2. The summed E-state index contributed by atoms with van der Waals surface area (Å²) in [7, 11) is 1.83. The van der Waals surface area contributed by atoms with Crippen LogP contribution in [0.25, 0.3) is 22.5 Å². The molecule has 1 amide bonds. The quantitative estimate of drug-likeness (QED) is 0.353. The molecular weight excluding hydrogens is 507 g/mol. The van der Waals surface area contributed by atoms with Gasteiger partial charge in [0.05, 0.1) is 12.6 Å². The number of hydrogen-bond donors (Lipinski definition) is 2. The number of aromatic nitrogens is 4. The number of carbonyl (C=O) groups is 1. The fourth-order valence-corrected chi connectivity index (χ4v) is 5.97. The number of hydrogen-bond acceptors (Lipinski definition) is 6. The standard InChI is InChI=1S/C31H31FN6O2/c1-37-17-34-36-30(37)25-14-22(32)9-10-23(25)21-12-27(19-7-8-19)35-29(13-21)38-16-20-6-5-18(11-24(20)31(38)40)15-33-26-3-2-4-28(26)39/h5-6,9-14,17,19,26,28,33,39H,2-4,7-8,15-16H2,1H3/t26-,28+/m1/s1. The normalized spacial score (nSPS) is 20.4. The first-order valence-corrected chi connectivity index (χ1v) is 14.0. The van der Waals surface area contributed by atoms with Gasteiger partial charge in [-0.25, -0.2) is 9.37 Å². The minimum Gasteiger partial charge on any atom is -0.392 e. The highest BCUT2D eigenvalue weighted by atomic mass is 19.1. The Morgan fingerprint density at radius 3 is 2.65 bits per heavy atom. The van der Waals surface area contributed by atoms with Gasteiger partial charge in [0, 0.05) is 42.4 Å². The molecule has 204 valence electrons. The third-order valence-electron chi connectivity index (χ3n) is 8.37. The van der Waals surface area contributed by atoms with Crippen molar-refractivity contribution in [1.82, 2.24) is 25.1 Å². The third kappa shape index (κ3) is 4.59. The number of rotatable bonds is 7. The Balaban J connectivity index is 1.22. The van der Waals surface area contributed by atoms with Gasteiger partial charge in [0.25, 0.3) is 5.91 Å². The lowest BCUT2D eigenvalue weighted by atomic mass is 9.98. The van der Waals surface area contributed by atoms with Crippen LogP contribution in [0.1, 0.15) is 65.2 Å². The number of pyridine rings is 1. The van der Waals surface area contributed by atoms with Gasteiger partial charge >= 0.3 is 0 Å². The molecule has 2 N–H and O–H groups in total. The van der Waals surface area contributed by atoms with Crippen molar-refractivity contribution in [2.75, 3.05) is 4.90 Å². The maximum Gasteiger partial charge on any atom is 0.260 e. The van der Waals surface area contributed by atoms with E-state index in [1.807, 2.05) is 25.2 Å². The number of carbonyl (C=O) groups excluding carboxylic acids is 1. The van der Waals surface area contributed by atoms with Crippen molar-refractivity contribution in [3.05, 3.63) is 83.1 Å². The van der Waals surface area contributed by atoms with Crippen LogP contribution in [0, 0.1) is 5.82 Å². The fourth-order valence-electron chi connectivity index (χ4n) is 5.97. The van der Waals surface area contributed by atoms with Gasteiger partial charge in [-0.1, -0.05) is 18.2 Å². The summed E-state index contributed by atoms with van der Waals surface area (Å²) in [5.41, 5.74) is 5.95. The predicted octanol–water partition coefficient (Wildman–Crippen LogP) is 4.72. The van der Waals surface area contributed by atoms with Crippen LogP contribution < -0.4 is 10.2 Å². The molecular formula is C31H31FN6O2. The maximum absolute atomic E-state index is 14.4. The monoisotopic (exact) mass is 538 g/mol. The lowest BCUT2D eigenvalue weighted by Gasteiger charge is -2.18. The molecule has 3 aliphatic rings. The van der Waals surface area contributed by atoms with Crippen molar-refractivity contribution < 1.29 is 14.3 Å². The van der Waals surface area contributed by atoms with Crippen LogP contribution in [-0.2, 0) is 20.1 Å². The van der Waals surface area contributed by atoms with Crippen molar-refractivity contribution in [2.24, 2.45) is 7.05 Å². The van der Waals surface area contributed by atoms with Crippen molar-refractivity contribution >= 4 is 11.7 Å². The molecule has 2 aromatic carbocycles. The van der Waals surface area contributed by atoms with Crippen LogP contribution in [0.5, 0.6) is 0 Å². The first kappa shape index (κ1) is 25.0. The van der Waals surface area contributed by atoms with E-state index in [1.54, 1.807) is 21.9 Å². The Kier molecular flexibility index (Phi) is 6.20. The Labute approximate surface area is 231 Å². The SMILES string of the molecule is Cn1cnnc1-c1cc(F)ccc1-c1cc(C2CC2)nc(N2Cc3ccc(CN[C@@H]4CCC[C@@H]4O)cc3C2=O)c1. The summed E-state index contributed by atoms with van der Waals surface area (Å²) in [4.78, 5) is 20.4. The number of nitrogens with one attached hydrogen (secondary N) is 1. The van der Waals surface area contributed by atoms with Crippen LogP contribution in [-0.4, -0.2) is 42.9 Å². The summed E-state index contributed by atoms with van der Waals surface area (Å²) >= 11 is 0. The summed E-state index contributed by atoms with van der Waals surface area (Å²) in [6, 6.07) is 14.8. The van der Waals surface area contributed by atoms with Crippen molar-refractivity contribution in [2.45, 2.75) is 63.3 Å². The number of fused-ring (bicyclic) bond motifs is 1. The number of halogens is 1. The summed E-state index contributed by atoms with van der Waals surface area (Å²) in [6.07, 6.45) is 6.26. The highest BCUT2D eigenvalue weighted by molar-refractivity contribution is 6.10. The number of nitrogens with zero attached hydrogens (tertiary/aromatic N) is 5. The van der Waals surface area contributed by atoms with Gasteiger partial charge in [-0.05, 0) is 84.7 Å². The zero-order valence-electron chi connectivity index (χ0n) is 22.3. The molecule has 2 fully saturated rings. The predicted molar refractivity (Wildman–Crippen MR) is 149 cm³/mol. The van der Waals surface area contributed by atoms with Crippen LogP contribution in [0.2, 0.25) is 0 Å². The van der Waals surface area contributed by atoms with Gasteiger partial charge < -0.3 is 15.0 Å². The number of aliphatic hydroxyl groups is 1. The lowest BCUT2D eigenvalue weighted by molar-refractivity contribution is 0.0995. The van der Waals surface area contributed by atoms with E-state index in [0.717, 1.165) is 60.1 Å². The molecule has 2 saturated carbocycles. The molecule has 7 rings (SSSR count). The lowest BCUT2D eigenvalue weighted by Crippen LogP contribution is -2.35. The molecule has 2 aromatic heterocycles. The van der Waals surface area contributed by atoms with E-state index < -0.39 is 0 Å². The molecule has 2 atom stereocenters. The zero-order valence-corrected chi connectivity index (χ0v) is 22.3. The van der Waals surface area contributed by atoms with Crippen LogP contribution >= 0.6 is 0 Å². The molecule has 40 heavy (non-hydrogen) atoms. The van der Waals surface area contributed by atoms with Crippen molar-refractivity contribution in [1.29, 1.82) is 0 Å². The topological polar surface area (TPSA) is 96.2 Å². The van der Waals surface area contributed by atoms with E-state index in [1.165, 1.54) is 12.1 Å². The maximum atomic E-state index is 14.4. The van der Waals surface area contributed by atoms with Gasteiger partial charge in [-0.15, -0.1) is 10.2 Å². The number of amides is 1. The number of aryl methyl sites for hydroxylation is 1. The number of aliphatic hydroxyl groups excluding tert-OH is 1. The molecule has 2 aliphatic carbocycles. The Bertz CT molecular complexity index is 1610. The molecule has 0 bridgehead atoms. The van der Waals surface area contributed by atoms with Gasteiger partial charge in [0.15, 0.2) is 5.82 Å². The first-order chi connectivity index (χ1) is 19.4. The second kappa shape index (κ2) is 9.91. The van der Waals surface area contributed by atoms with E-state index in [0.29, 0.717) is 41.8 Å². The van der Waals surface area contributed by atoms with Crippen LogP contribution in [0.4, 0.5) is 10.2 Å². The largest absolute Gasteiger partial charge is 0.392 e. The van der Waals surface area contributed by atoms with Gasteiger partial charge in [0.1, 0.15) is 18.0 Å². The van der Waals surface area contributed by atoms with E-state index in [2.05, 4.69) is 27.6 Å². The van der Waals surface area contributed by atoms with E-state index in [9.17, 15) is 14.3 Å². The van der Waals surface area contributed by atoms with Crippen LogP contribution in [0.15, 0.2) is 54.9 Å². The Morgan fingerprint density at radius 2 is 1.90 bits per heavy atom. The highest BCUT2D eigenvalue weighted by Gasteiger charge is 2.33. The average Bonchev–Trinajstić information content (AvgIpc) is 3.47. The second-order valence-corrected chi connectivity index (χ2v) is 11.2. The molecule has 0 unspecified atom stereocenters. The third-order valence-corrected chi connectivity index (χ3v) is 8.37. The van der Waals surface area contributed by atoms with Crippen LogP contribution in [0.3, 0.4) is 0 Å². The van der Waals surface area contributed by atoms with Gasteiger partial charge in [0.2, 0.25) is 0 Å². The molecule has 3 heterocycles. The van der Waals surface area contributed by atoms with Crippen molar-refractivity contribution in [3.63, 3.8) is 0 Å². The minimum absolute atomic E-state index is 0.0724. The minimum atomic E-state index is -0.351. The zero-order chi connectivity index (χ0) is 27.4. The molecule has 8 nitrogen and oxygen atoms in total. The smallest absolute Gasteiger partial charge is 0.260 e. The Morgan fingerprint density at radius 1 is 1.02 bits per heavy atom. The Hall–Kier alpha value is -3.95. The molecule has 1 aliphatic heterocycles. The summed E-state index contributed by atoms with van der Waals surface area (Å²) in [5, 5.41) is 21.8. The molecule has 0 radical (unpaired) electrons. The van der Waals surface area contributed by atoms with Gasteiger partial charge in [-0.2, -0.15) is 0 Å². The fraction of sp³-hybridized carbons (Fsp3) is 0.355. The number of anilines is 1.